The molecule has 5 nitrogen and oxygen atoms in total. The molecule has 3 rings (SSSR count). The van der Waals surface area contributed by atoms with E-state index in [9.17, 15) is 9.90 Å². The minimum atomic E-state index is -0.588. The number of carbonyl (C=O) groups is 1. The molecule has 1 aromatic carbocycles. The van der Waals surface area contributed by atoms with Crippen molar-refractivity contribution in [3.63, 3.8) is 0 Å². The zero-order valence-corrected chi connectivity index (χ0v) is 8.46. The highest BCUT2D eigenvalue weighted by Gasteiger charge is 2.30. The van der Waals surface area contributed by atoms with E-state index in [1.165, 1.54) is 6.39 Å². The van der Waals surface area contributed by atoms with E-state index in [0.29, 0.717) is 23.3 Å². The first-order valence-corrected chi connectivity index (χ1v) is 5.06. The molecule has 2 heterocycles. The summed E-state index contributed by atoms with van der Waals surface area (Å²) in [6.45, 7) is 0.324. The number of oxazole rings is 1. The topological polar surface area (TPSA) is 66.6 Å². The number of amides is 1. The standard InChI is InChI=1S/C11H10N2O3/c14-7-4-10(15)13(5-7)8-2-1-3-9-11(8)12-6-16-9/h1-3,6-7,14H,4-5H2. The van der Waals surface area contributed by atoms with Crippen LogP contribution in [0.4, 0.5) is 5.69 Å². The molecular formula is C11H10N2O3. The molecular weight excluding hydrogens is 208 g/mol. The molecule has 1 N–H and O–H groups in total. The van der Waals surface area contributed by atoms with Crippen molar-refractivity contribution < 1.29 is 14.3 Å². The largest absolute Gasteiger partial charge is 0.443 e. The highest BCUT2D eigenvalue weighted by Crippen LogP contribution is 2.28. The first-order chi connectivity index (χ1) is 7.75. The van der Waals surface area contributed by atoms with Crippen molar-refractivity contribution in [3.05, 3.63) is 24.6 Å². The van der Waals surface area contributed by atoms with Crippen LogP contribution in [0.3, 0.4) is 0 Å². The van der Waals surface area contributed by atoms with Gasteiger partial charge < -0.3 is 14.4 Å². The third-order valence-corrected chi connectivity index (χ3v) is 2.73. The predicted molar refractivity (Wildman–Crippen MR) is 57.0 cm³/mol. The van der Waals surface area contributed by atoms with Crippen LogP contribution in [0.25, 0.3) is 11.1 Å². The summed E-state index contributed by atoms with van der Waals surface area (Å²) in [7, 11) is 0. The number of aromatic nitrogens is 1. The van der Waals surface area contributed by atoms with Gasteiger partial charge in [-0.2, -0.15) is 0 Å². The molecule has 0 spiro atoms. The first-order valence-electron chi connectivity index (χ1n) is 5.06. The second kappa shape index (κ2) is 3.31. The third kappa shape index (κ3) is 1.29. The molecule has 1 atom stereocenters. The Morgan fingerprint density at radius 3 is 3.12 bits per heavy atom. The SMILES string of the molecule is O=C1CC(O)CN1c1cccc2ocnc12. The molecule has 1 aromatic heterocycles. The Morgan fingerprint density at radius 2 is 2.38 bits per heavy atom. The lowest BCUT2D eigenvalue weighted by Crippen LogP contribution is -2.25. The molecule has 5 heteroatoms. The molecule has 1 unspecified atom stereocenters. The molecule has 1 fully saturated rings. The quantitative estimate of drug-likeness (QED) is 0.773. The van der Waals surface area contributed by atoms with Gasteiger partial charge in [0.15, 0.2) is 12.0 Å². The van der Waals surface area contributed by atoms with E-state index in [4.69, 9.17) is 4.42 Å². The second-order valence-electron chi connectivity index (χ2n) is 3.84. The van der Waals surface area contributed by atoms with Gasteiger partial charge in [-0.15, -0.1) is 0 Å². The molecule has 0 bridgehead atoms. The number of benzene rings is 1. The van der Waals surface area contributed by atoms with Crippen LogP contribution in [0.1, 0.15) is 6.42 Å². The molecule has 1 amide bonds. The maximum Gasteiger partial charge on any atom is 0.229 e. The minimum absolute atomic E-state index is 0.0806. The Kier molecular flexibility index (Phi) is 1.94. The highest BCUT2D eigenvalue weighted by molar-refractivity contribution is 6.02. The van der Waals surface area contributed by atoms with Gasteiger partial charge in [-0.3, -0.25) is 4.79 Å². The van der Waals surface area contributed by atoms with Crippen LogP contribution in [0.5, 0.6) is 0 Å². The maximum absolute atomic E-state index is 11.7. The van der Waals surface area contributed by atoms with Gasteiger partial charge in [0.1, 0.15) is 5.52 Å². The molecule has 1 saturated heterocycles. The number of aliphatic hydroxyl groups is 1. The number of rotatable bonds is 1. The lowest BCUT2D eigenvalue weighted by Gasteiger charge is -2.15. The average Bonchev–Trinajstić information content (AvgIpc) is 2.84. The number of hydrogen-bond donors (Lipinski definition) is 1. The molecule has 2 aromatic rings. The van der Waals surface area contributed by atoms with Crippen LogP contribution in [0.2, 0.25) is 0 Å². The van der Waals surface area contributed by atoms with Gasteiger partial charge in [0.05, 0.1) is 24.8 Å². The Labute approximate surface area is 91.3 Å². The summed E-state index contributed by atoms with van der Waals surface area (Å²) < 4.78 is 5.17. The van der Waals surface area contributed by atoms with Gasteiger partial charge >= 0.3 is 0 Å². The van der Waals surface area contributed by atoms with Gasteiger partial charge in [-0.05, 0) is 12.1 Å². The van der Waals surface area contributed by atoms with Gasteiger partial charge in [-0.1, -0.05) is 6.07 Å². The van der Waals surface area contributed by atoms with Crippen molar-refractivity contribution in [2.45, 2.75) is 12.5 Å². The van der Waals surface area contributed by atoms with E-state index in [1.54, 1.807) is 23.1 Å². The van der Waals surface area contributed by atoms with Crippen molar-refractivity contribution in [1.29, 1.82) is 0 Å². The van der Waals surface area contributed by atoms with E-state index in [2.05, 4.69) is 4.98 Å². The molecule has 0 radical (unpaired) electrons. The number of anilines is 1. The Morgan fingerprint density at radius 1 is 1.50 bits per heavy atom. The molecule has 1 aliphatic heterocycles. The van der Waals surface area contributed by atoms with E-state index in [1.807, 2.05) is 0 Å². The van der Waals surface area contributed by atoms with Crippen LogP contribution >= 0.6 is 0 Å². The monoisotopic (exact) mass is 218 g/mol. The summed E-state index contributed by atoms with van der Waals surface area (Å²) >= 11 is 0. The van der Waals surface area contributed by atoms with Crippen LogP contribution in [-0.4, -0.2) is 28.6 Å². The number of hydrogen-bond acceptors (Lipinski definition) is 4. The Balaban J connectivity index is 2.12. The lowest BCUT2D eigenvalue weighted by atomic mass is 10.2. The van der Waals surface area contributed by atoms with E-state index < -0.39 is 6.10 Å². The van der Waals surface area contributed by atoms with E-state index in [0.717, 1.165) is 0 Å². The predicted octanol–water partition coefficient (Wildman–Crippen LogP) is 0.925. The van der Waals surface area contributed by atoms with Crippen molar-refractivity contribution in [3.8, 4) is 0 Å². The maximum atomic E-state index is 11.7. The van der Waals surface area contributed by atoms with Crippen molar-refractivity contribution >= 4 is 22.7 Å². The summed E-state index contributed by atoms with van der Waals surface area (Å²) in [5.41, 5.74) is 2.00. The van der Waals surface area contributed by atoms with Crippen LogP contribution in [-0.2, 0) is 4.79 Å². The van der Waals surface area contributed by atoms with E-state index >= 15 is 0 Å². The van der Waals surface area contributed by atoms with Gasteiger partial charge in [-0.25, -0.2) is 4.98 Å². The summed E-state index contributed by atoms with van der Waals surface area (Å²) in [4.78, 5) is 17.3. The number of nitrogens with zero attached hydrogens (tertiary/aromatic N) is 2. The highest BCUT2D eigenvalue weighted by atomic mass is 16.3. The summed E-state index contributed by atoms with van der Waals surface area (Å²) in [6.07, 6.45) is 0.939. The van der Waals surface area contributed by atoms with Crippen molar-refractivity contribution in [1.82, 2.24) is 4.98 Å². The fourth-order valence-electron chi connectivity index (χ4n) is 2.01. The number of para-hydroxylation sites is 1. The number of fused-ring (bicyclic) bond motifs is 1. The van der Waals surface area contributed by atoms with Gasteiger partial charge in [0.25, 0.3) is 0 Å². The number of carbonyl (C=O) groups excluding carboxylic acids is 1. The molecule has 0 aliphatic carbocycles. The Bertz CT molecular complexity index is 549. The number of β-amino-alcohol motifs (C(OH)–C–C–N with tert-alkyl or cyclic N) is 1. The number of aliphatic hydroxyl groups excluding tert-OH is 1. The molecule has 16 heavy (non-hydrogen) atoms. The van der Waals surface area contributed by atoms with Gasteiger partial charge in [0, 0.05) is 0 Å². The van der Waals surface area contributed by atoms with Crippen LogP contribution in [0.15, 0.2) is 29.0 Å². The summed E-state index contributed by atoms with van der Waals surface area (Å²) in [5.74, 6) is -0.0806. The molecule has 0 saturated carbocycles. The van der Waals surface area contributed by atoms with Crippen LogP contribution in [0, 0.1) is 0 Å². The fraction of sp³-hybridized carbons (Fsp3) is 0.273. The third-order valence-electron chi connectivity index (χ3n) is 2.73. The van der Waals surface area contributed by atoms with Crippen molar-refractivity contribution in [2.24, 2.45) is 0 Å². The first kappa shape index (κ1) is 9.35. The minimum Gasteiger partial charge on any atom is -0.443 e. The summed E-state index contributed by atoms with van der Waals surface area (Å²) in [6, 6.07) is 5.41. The normalized spacial score (nSPS) is 20.9. The lowest BCUT2D eigenvalue weighted by molar-refractivity contribution is -0.117. The van der Waals surface area contributed by atoms with E-state index in [-0.39, 0.29) is 12.3 Å². The smallest absolute Gasteiger partial charge is 0.229 e. The zero-order chi connectivity index (χ0) is 11.1. The fourth-order valence-corrected chi connectivity index (χ4v) is 2.01. The Hall–Kier alpha value is -1.88. The molecule has 82 valence electrons. The average molecular weight is 218 g/mol. The van der Waals surface area contributed by atoms with Crippen LogP contribution < -0.4 is 4.90 Å². The van der Waals surface area contributed by atoms with Crippen molar-refractivity contribution in [2.75, 3.05) is 11.4 Å². The zero-order valence-electron chi connectivity index (χ0n) is 8.46. The second-order valence-corrected chi connectivity index (χ2v) is 3.84. The summed E-state index contributed by atoms with van der Waals surface area (Å²) in [5, 5.41) is 9.45. The van der Waals surface area contributed by atoms with Gasteiger partial charge in [0.2, 0.25) is 5.91 Å². The molecule has 1 aliphatic rings.